The normalized spacial score (nSPS) is 27.0. The minimum absolute atomic E-state index is 0.196. The van der Waals surface area contributed by atoms with Gasteiger partial charge in [0.05, 0.1) is 0 Å². The van der Waals surface area contributed by atoms with E-state index in [9.17, 15) is 5.11 Å². The summed E-state index contributed by atoms with van der Waals surface area (Å²) in [4.78, 5) is 0. The summed E-state index contributed by atoms with van der Waals surface area (Å²) in [6.07, 6.45) is 13.5. The van der Waals surface area contributed by atoms with E-state index in [4.69, 9.17) is 0 Å². The van der Waals surface area contributed by atoms with Crippen LogP contribution >= 0.6 is 0 Å². The van der Waals surface area contributed by atoms with Crippen molar-refractivity contribution in [1.29, 1.82) is 0 Å². The summed E-state index contributed by atoms with van der Waals surface area (Å²) in [7, 11) is 0. The molecule has 0 aliphatic heterocycles. The zero-order valence-electron chi connectivity index (χ0n) is 12.1. The first-order valence-electron chi connectivity index (χ1n) is 8.10. The molecule has 0 saturated heterocycles. The molecule has 0 aromatic heterocycles. The third kappa shape index (κ3) is 3.71. The molecule has 2 nitrogen and oxygen atoms in total. The molecular weight excluding hydrogens is 222 g/mol. The topological polar surface area (TPSA) is 32.3 Å². The fourth-order valence-corrected chi connectivity index (χ4v) is 3.87. The monoisotopic (exact) mass is 253 g/mol. The van der Waals surface area contributed by atoms with Gasteiger partial charge in [0, 0.05) is 24.6 Å². The van der Waals surface area contributed by atoms with Crippen LogP contribution in [0.3, 0.4) is 0 Å². The van der Waals surface area contributed by atoms with Crippen molar-refractivity contribution in [2.24, 2.45) is 11.3 Å². The summed E-state index contributed by atoms with van der Waals surface area (Å²) in [5, 5.41) is 13.5. The van der Waals surface area contributed by atoms with Gasteiger partial charge < -0.3 is 10.4 Å². The minimum Gasteiger partial charge on any atom is -0.396 e. The molecule has 2 rings (SSSR count). The number of rotatable bonds is 5. The summed E-state index contributed by atoms with van der Waals surface area (Å²) in [5.74, 6) is 0.873. The second-order valence-electron chi connectivity index (χ2n) is 6.79. The van der Waals surface area contributed by atoms with Crippen LogP contribution in [0.25, 0.3) is 0 Å². The van der Waals surface area contributed by atoms with E-state index in [1.54, 1.807) is 0 Å². The SMILES string of the molecule is C[C@H](NCC1(CO)CCCCC1)C1CCCCC1. The lowest BCUT2D eigenvalue weighted by Crippen LogP contribution is -2.44. The number of nitrogens with one attached hydrogen (secondary N) is 1. The predicted octanol–water partition coefficient (Wildman–Crippen LogP) is 3.49. The molecule has 106 valence electrons. The third-order valence-electron chi connectivity index (χ3n) is 5.41. The highest BCUT2D eigenvalue weighted by molar-refractivity contribution is 4.86. The molecule has 2 aliphatic rings. The van der Waals surface area contributed by atoms with Crippen LogP contribution in [-0.4, -0.2) is 24.3 Å². The maximum atomic E-state index is 9.72. The summed E-state index contributed by atoms with van der Waals surface area (Å²) in [6.45, 7) is 3.75. The summed E-state index contributed by atoms with van der Waals surface area (Å²) in [5.41, 5.74) is 0.196. The molecule has 2 N–H and O–H groups in total. The van der Waals surface area contributed by atoms with Crippen LogP contribution in [0.5, 0.6) is 0 Å². The van der Waals surface area contributed by atoms with Gasteiger partial charge in [-0.15, -0.1) is 0 Å². The van der Waals surface area contributed by atoms with Gasteiger partial charge in [-0.3, -0.25) is 0 Å². The lowest BCUT2D eigenvalue weighted by atomic mass is 9.74. The van der Waals surface area contributed by atoms with Crippen molar-refractivity contribution in [3.05, 3.63) is 0 Å². The summed E-state index contributed by atoms with van der Waals surface area (Å²) < 4.78 is 0. The van der Waals surface area contributed by atoms with Gasteiger partial charge >= 0.3 is 0 Å². The first kappa shape index (κ1) is 14.3. The van der Waals surface area contributed by atoms with E-state index in [-0.39, 0.29) is 5.41 Å². The first-order chi connectivity index (χ1) is 8.76. The number of hydrogen-bond acceptors (Lipinski definition) is 2. The van der Waals surface area contributed by atoms with Crippen molar-refractivity contribution in [2.75, 3.05) is 13.2 Å². The van der Waals surface area contributed by atoms with E-state index in [1.165, 1.54) is 64.2 Å². The molecule has 0 unspecified atom stereocenters. The lowest BCUT2D eigenvalue weighted by molar-refractivity contribution is 0.0752. The Morgan fingerprint density at radius 2 is 1.67 bits per heavy atom. The quantitative estimate of drug-likeness (QED) is 0.786. The smallest absolute Gasteiger partial charge is 0.0499 e. The standard InChI is InChI=1S/C16H31NO/c1-14(15-8-4-2-5-9-15)17-12-16(13-18)10-6-3-7-11-16/h14-15,17-18H,2-13H2,1H3/t14-/m0/s1. The Balaban J connectivity index is 1.77. The Morgan fingerprint density at radius 3 is 2.28 bits per heavy atom. The third-order valence-corrected chi connectivity index (χ3v) is 5.41. The minimum atomic E-state index is 0.196. The van der Waals surface area contributed by atoms with Gasteiger partial charge in [-0.25, -0.2) is 0 Å². The average molecular weight is 253 g/mol. The van der Waals surface area contributed by atoms with Crippen LogP contribution in [0.4, 0.5) is 0 Å². The maximum Gasteiger partial charge on any atom is 0.0499 e. The molecule has 0 aromatic rings. The second-order valence-corrected chi connectivity index (χ2v) is 6.79. The van der Waals surface area contributed by atoms with Crippen molar-refractivity contribution >= 4 is 0 Å². The largest absolute Gasteiger partial charge is 0.396 e. The number of aliphatic hydroxyl groups is 1. The van der Waals surface area contributed by atoms with Gasteiger partial charge in [-0.1, -0.05) is 38.5 Å². The van der Waals surface area contributed by atoms with Gasteiger partial charge in [0.1, 0.15) is 0 Å². The van der Waals surface area contributed by atoms with E-state index in [2.05, 4.69) is 12.2 Å². The molecule has 1 atom stereocenters. The van der Waals surface area contributed by atoms with Crippen molar-refractivity contribution in [2.45, 2.75) is 77.2 Å². The average Bonchev–Trinajstić information content (AvgIpc) is 2.47. The first-order valence-corrected chi connectivity index (χ1v) is 8.10. The van der Waals surface area contributed by atoms with Gasteiger partial charge in [0.15, 0.2) is 0 Å². The molecule has 2 saturated carbocycles. The van der Waals surface area contributed by atoms with Crippen LogP contribution in [0.2, 0.25) is 0 Å². The molecule has 0 amide bonds. The van der Waals surface area contributed by atoms with Crippen LogP contribution in [0, 0.1) is 11.3 Å². The maximum absolute atomic E-state index is 9.72. The van der Waals surface area contributed by atoms with Crippen LogP contribution in [0.1, 0.15) is 71.1 Å². The highest BCUT2D eigenvalue weighted by atomic mass is 16.3. The Bertz CT molecular complexity index is 229. The van der Waals surface area contributed by atoms with E-state index in [1.807, 2.05) is 0 Å². The molecule has 18 heavy (non-hydrogen) atoms. The Hall–Kier alpha value is -0.0800. The fraction of sp³-hybridized carbons (Fsp3) is 1.00. The summed E-state index contributed by atoms with van der Waals surface area (Å²) in [6, 6.07) is 0.635. The molecule has 0 heterocycles. The molecule has 0 aromatic carbocycles. The summed E-state index contributed by atoms with van der Waals surface area (Å²) >= 11 is 0. The Kier molecular flexibility index (Phi) is 5.50. The van der Waals surface area contributed by atoms with Crippen LogP contribution in [-0.2, 0) is 0 Å². The van der Waals surface area contributed by atoms with Gasteiger partial charge in [0.2, 0.25) is 0 Å². The van der Waals surface area contributed by atoms with Crippen LogP contribution < -0.4 is 5.32 Å². The van der Waals surface area contributed by atoms with E-state index in [0.717, 1.165) is 12.5 Å². The predicted molar refractivity (Wildman–Crippen MR) is 76.6 cm³/mol. The molecule has 0 bridgehead atoms. The molecule has 0 spiro atoms. The molecule has 0 radical (unpaired) electrons. The van der Waals surface area contributed by atoms with Gasteiger partial charge in [-0.05, 0) is 38.5 Å². The van der Waals surface area contributed by atoms with E-state index >= 15 is 0 Å². The van der Waals surface area contributed by atoms with Gasteiger partial charge in [0.25, 0.3) is 0 Å². The van der Waals surface area contributed by atoms with Crippen molar-refractivity contribution in [3.8, 4) is 0 Å². The van der Waals surface area contributed by atoms with Crippen molar-refractivity contribution < 1.29 is 5.11 Å². The molecule has 2 heteroatoms. The van der Waals surface area contributed by atoms with E-state index < -0.39 is 0 Å². The molecule has 2 aliphatic carbocycles. The van der Waals surface area contributed by atoms with Gasteiger partial charge in [-0.2, -0.15) is 0 Å². The van der Waals surface area contributed by atoms with Crippen molar-refractivity contribution in [3.63, 3.8) is 0 Å². The highest BCUT2D eigenvalue weighted by Crippen LogP contribution is 2.35. The Labute approximate surface area is 113 Å². The molecular formula is C16H31NO. The Morgan fingerprint density at radius 1 is 1.06 bits per heavy atom. The number of hydrogen-bond donors (Lipinski definition) is 2. The zero-order valence-corrected chi connectivity index (χ0v) is 12.1. The van der Waals surface area contributed by atoms with E-state index in [0.29, 0.717) is 12.6 Å². The van der Waals surface area contributed by atoms with Crippen molar-refractivity contribution in [1.82, 2.24) is 5.32 Å². The second kappa shape index (κ2) is 6.91. The fourth-order valence-electron chi connectivity index (χ4n) is 3.87. The zero-order chi connectivity index (χ0) is 12.8. The molecule has 2 fully saturated rings. The highest BCUT2D eigenvalue weighted by Gasteiger charge is 2.32. The van der Waals surface area contributed by atoms with Crippen LogP contribution in [0.15, 0.2) is 0 Å². The lowest BCUT2D eigenvalue weighted by Gasteiger charge is -2.38. The number of aliphatic hydroxyl groups excluding tert-OH is 1.